The molecule has 2 N–H and O–H groups in total. The molecule has 1 amide bonds. The number of rotatable bonds is 8. The first-order chi connectivity index (χ1) is 11.9. The van der Waals surface area contributed by atoms with Gasteiger partial charge >= 0.3 is 5.97 Å². The molecular formula is C20H28N2O3. The van der Waals surface area contributed by atoms with Gasteiger partial charge in [-0.2, -0.15) is 0 Å². The van der Waals surface area contributed by atoms with Crippen LogP contribution < -0.4 is 10.9 Å². The topological polar surface area (TPSA) is 67.4 Å². The number of benzene rings is 1. The van der Waals surface area contributed by atoms with E-state index in [2.05, 4.69) is 29.6 Å². The van der Waals surface area contributed by atoms with Gasteiger partial charge in [-0.25, -0.2) is 5.43 Å². The molecule has 1 aromatic rings. The number of hydrazine groups is 1. The molecular weight excluding hydrogens is 316 g/mol. The Labute approximate surface area is 150 Å². The summed E-state index contributed by atoms with van der Waals surface area (Å²) in [6, 6.07) is 8.02. The molecule has 136 valence electrons. The Balaban J connectivity index is 2.83. The first-order valence-electron chi connectivity index (χ1n) is 8.70. The summed E-state index contributed by atoms with van der Waals surface area (Å²) in [5.41, 5.74) is 5.21. The van der Waals surface area contributed by atoms with Gasteiger partial charge in [0.15, 0.2) is 0 Å². The number of unbranched alkanes of at least 4 members (excludes halogenated alkanes) is 2. The van der Waals surface area contributed by atoms with Crippen molar-refractivity contribution in [3.8, 4) is 11.8 Å². The van der Waals surface area contributed by atoms with E-state index in [0.29, 0.717) is 5.56 Å². The molecule has 0 radical (unpaired) electrons. The lowest BCUT2D eigenvalue weighted by molar-refractivity contribution is -0.148. The summed E-state index contributed by atoms with van der Waals surface area (Å²) < 4.78 is 5.14. The molecule has 5 heteroatoms. The number of carbonyl (C=O) groups is 2. The normalized spacial score (nSPS) is 11.8. The molecule has 0 aliphatic carbocycles. The molecule has 0 saturated heterocycles. The fourth-order valence-corrected chi connectivity index (χ4v) is 2.19. The highest BCUT2D eigenvalue weighted by molar-refractivity contribution is 5.94. The van der Waals surface area contributed by atoms with Crippen molar-refractivity contribution in [1.29, 1.82) is 0 Å². The van der Waals surface area contributed by atoms with Gasteiger partial charge in [-0.1, -0.05) is 37.5 Å². The second-order valence-corrected chi connectivity index (χ2v) is 6.28. The predicted octanol–water partition coefficient (Wildman–Crippen LogP) is 3.07. The standard InChI is InChI=1S/C20H28N2O3/c1-5-7-8-12-15-20(3,4)17(19(24)25-6-2)21-22-18(23)16-13-10-9-11-14-16/h9-11,13-14,17,21H,5-8H2,1-4H3,(H,22,23)/t17-/m0/s1. The first kappa shape index (κ1) is 20.7. The lowest BCUT2D eigenvalue weighted by atomic mass is 9.85. The highest BCUT2D eigenvalue weighted by Crippen LogP contribution is 2.21. The van der Waals surface area contributed by atoms with Gasteiger partial charge in [-0.05, 0) is 39.3 Å². The number of hydrogen-bond donors (Lipinski definition) is 2. The second kappa shape index (κ2) is 10.5. The molecule has 0 heterocycles. The monoisotopic (exact) mass is 344 g/mol. The van der Waals surface area contributed by atoms with Crippen molar-refractivity contribution in [2.75, 3.05) is 6.61 Å². The van der Waals surface area contributed by atoms with Crippen molar-refractivity contribution in [2.24, 2.45) is 5.41 Å². The molecule has 0 aliphatic heterocycles. The highest BCUT2D eigenvalue weighted by atomic mass is 16.5. The lowest BCUT2D eigenvalue weighted by Gasteiger charge is -2.28. The third-order valence-corrected chi connectivity index (χ3v) is 3.68. The zero-order chi connectivity index (χ0) is 18.7. The summed E-state index contributed by atoms with van der Waals surface area (Å²) >= 11 is 0. The van der Waals surface area contributed by atoms with Crippen molar-refractivity contribution < 1.29 is 14.3 Å². The largest absolute Gasteiger partial charge is 0.465 e. The van der Waals surface area contributed by atoms with E-state index in [-0.39, 0.29) is 12.5 Å². The summed E-state index contributed by atoms with van der Waals surface area (Å²) in [5.74, 6) is 5.49. The zero-order valence-corrected chi connectivity index (χ0v) is 15.5. The lowest BCUT2D eigenvalue weighted by Crippen LogP contribution is -2.55. The second-order valence-electron chi connectivity index (χ2n) is 6.28. The quantitative estimate of drug-likeness (QED) is 0.329. The van der Waals surface area contributed by atoms with Gasteiger partial charge < -0.3 is 4.74 Å². The Hall–Kier alpha value is -2.32. The molecule has 1 rings (SSSR count). The molecule has 0 bridgehead atoms. The summed E-state index contributed by atoms with van der Waals surface area (Å²) in [6.07, 6.45) is 2.87. The smallest absolute Gasteiger partial charge is 0.326 e. The SMILES string of the molecule is CCCCC#CC(C)(C)[C@@H](NNC(=O)c1ccccc1)C(=O)OCC. The average Bonchev–Trinajstić information content (AvgIpc) is 2.59. The maximum atomic E-state index is 12.3. The fourth-order valence-electron chi connectivity index (χ4n) is 2.19. The Morgan fingerprint density at radius 3 is 2.48 bits per heavy atom. The van der Waals surface area contributed by atoms with Gasteiger partial charge in [0.2, 0.25) is 0 Å². The van der Waals surface area contributed by atoms with Crippen LogP contribution in [0, 0.1) is 17.3 Å². The maximum absolute atomic E-state index is 12.3. The van der Waals surface area contributed by atoms with Crippen LogP contribution in [0.5, 0.6) is 0 Å². The zero-order valence-electron chi connectivity index (χ0n) is 15.5. The molecule has 0 spiro atoms. The maximum Gasteiger partial charge on any atom is 0.326 e. The number of ether oxygens (including phenoxy) is 1. The van der Waals surface area contributed by atoms with Gasteiger partial charge in [0.1, 0.15) is 6.04 Å². The molecule has 0 aliphatic rings. The Kier molecular flexibility index (Phi) is 8.73. The molecule has 5 nitrogen and oxygen atoms in total. The van der Waals surface area contributed by atoms with Gasteiger partial charge in [-0.3, -0.25) is 15.0 Å². The third-order valence-electron chi connectivity index (χ3n) is 3.68. The van der Waals surface area contributed by atoms with Crippen molar-refractivity contribution in [2.45, 2.75) is 53.0 Å². The number of carbonyl (C=O) groups excluding carboxylic acids is 2. The van der Waals surface area contributed by atoms with E-state index >= 15 is 0 Å². The molecule has 25 heavy (non-hydrogen) atoms. The summed E-state index contributed by atoms with van der Waals surface area (Å²) in [5, 5.41) is 0. The highest BCUT2D eigenvalue weighted by Gasteiger charge is 2.35. The first-order valence-corrected chi connectivity index (χ1v) is 8.70. The predicted molar refractivity (Wildman–Crippen MR) is 98.5 cm³/mol. The molecule has 0 aromatic heterocycles. The molecule has 1 atom stereocenters. The Morgan fingerprint density at radius 2 is 1.88 bits per heavy atom. The van der Waals surface area contributed by atoms with Crippen LogP contribution in [-0.4, -0.2) is 24.5 Å². The molecule has 0 fully saturated rings. The van der Waals surface area contributed by atoms with Crippen molar-refractivity contribution in [1.82, 2.24) is 10.9 Å². The summed E-state index contributed by atoms with van der Waals surface area (Å²) in [7, 11) is 0. The van der Waals surface area contributed by atoms with E-state index < -0.39 is 17.4 Å². The van der Waals surface area contributed by atoms with Crippen LogP contribution in [0.4, 0.5) is 0 Å². The van der Waals surface area contributed by atoms with E-state index in [0.717, 1.165) is 19.3 Å². The minimum Gasteiger partial charge on any atom is -0.465 e. The number of hydrogen-bond acceptors (Lipinski definition) is 4. The van der Waals surface area contributed by atoms with E-state index in [1.54, 1.807) is 31.2 Å². The van der Waals surface area contributed by atoms with Gasteiger partial charge in [0.25, 0.3) is 5.91 Å². The van der Waals surface area contributed by atoms with Crippen LogP contribution in [0.25, 0.3) is 0 Å². The van der Waals surface area contributed by atoms with Crippen molar-refractivity contribution in [3.05, 3.63) is 35.9 Å². The van der Waals surface area contributed by atoms with Crippen LogP contribution in [-0.2, 0) is 9.53 Å². The summed E-state index contributed by atoms with van der Waals surface area (Å²) in [4.78, 5) is 24.5. The molecule has 0 unspecified atom stereocenters. The van der Waals surface area contributed by atoms with Gasteiger partial charge in [0.05, 0.1) is 12.0 Å². The minimum absolute atomic E-state index is 0.267. The van der Waals surface area contributed by atoms with E-state index in [4.69, 9.17) is 4.74 Å². The van der Waals surface area contributed by atoms with Gasteiger partial charge in [0, 0.05) is 12.0 Å². The third kappa shape index (κ3) is 6.98. The Morgan fingerprint density at radius 1 is 1.20 bits per heavy atom. The van der Waals surface area contributed by atoms with Crippen LogP contribution >= 0.6 is 0 Å². The minimum atomic E-state index is -0.769. The van der Waals surface area contributed by atoms with Crippen LogP contribution in [0.2, 0.25) is 0 Å². The van der Waals surface area contributed by atoms with Crippen LogP contribution in [0.1, 0.15) is 57.3 Å². The average molecular weight is 344 g/mol. The van der Waals surface area contributed by atoms with Crippen LogP contribution in [0.3, 0.4) is 0 Å². The van der Waals surface area contributed by atoms with Crippen LogP contribution in [0.15, 0.2) is 30.3 Å². The van der Waals surface area contributed by atoms with Crippen molar-refractivity contribution >= 4 is 11.9 Å². The van der Waals surface area contributed by atoms with E-state index in [9.17, 15) is 9.59 Å². The Bertz CT molecular complexity index is 615. The molecule has 0 saturated carbocycles. The van der Waals surface area contributed by atoms with E-state index in [1.807, 2.05) is 19.9 Å². The van der Waals surface area contributed by atoms with E-state index in [1.165, 1.54) is 0 Å². The number of esters is 1. The van der Waals surface area contributed by atoms with Gasteiger partial charge in [-0.15, -0.1) is 5.92 Å². The number of amides is 1. The fraction of sp³-hybridized carbons (Fsp3) is 0.500. The molecule has 1 aromatic carbocycles. The summed E-state index contributed by atoms with van der Waals surface area (Å²) in [6.45, 7) is 7.83. The van der Waals surface area contributed by atoms with Crippen molar-refractivity contribution in [3.63, 3.8) is 0 Å². The number of nitrogens with one attached hydrogen (secondary N) is 2.